The van der Waals surface area contributed by atoms with Crippen molar-refractivity contribution in [3.8, 4) is 0 Å². The number of hydrogen-bond donors (Lipinski definition) is 1. The van der Waals surface area contributed by atoms with Gasteiger partial charge < -0.3 is 5.32 Å². The Balaban J connectivity index is 2.50. The van der Waals surface area contributed by atoms with Gasteiger partial charge in [0.2, 0.25) is 0 Å². The van der Waals surface area contributed by atoms with Crippen LogP contribution in [0.1, 0.15) is 5.56 Å². The minimum absolute atomic E-state index is 0.114. The predicted molar refractivity (Wildman–Crippen MR) is 52.0 cm³/mol. The van der Waals surface area contributed by atoms with Crippen LogP contribution in [-0.4, -0.2) is 12.3 Å². The molecule has 0 heterocycles. The van der Waals surface area contributed by atoms with Crippen LogP contribution in [0.2, 0.25) is 0 Å². The number of amides is 1. The van der Waals surface area contributed by atoms with Crippen LogP contribution >= 0.6 is 15.9 Å². The maximum absolute atomic E-state index is 11.8. The van der Waals surface area contributed by atoms with E-state index >= 15 is 0 Å². The lowest BCUT2D eigenvalue weighted by atomic mass is 10.2. The average molecular weight is 264 g/mol. The molecule has 0 radical (unpaired) electrons. The third-order valence-electron chi connectivity index (χ3n) is 1.55. The second-order valence-corrected chi connectivity index (χ2v) is 3.56. The van der Waals surface area contributed by atoms with Gasteiger partial charge in [0.25, 0.3) is 5.91 Å². The van der Waals surface area contributed by atoms with Crippen molar-refractivity contribution in [1.29, 1.82) is 0 Å². The van der Waals surface area contributed by atoms with Crippen molar-refractivity contribution in [3.63, 3.8) is 0 Å². The highest BCUT2D eigenvalue weighted by Gasteiger charge is 2.13. The van der Waals surface area contributed by atoms with Crippen molar-refractivity contribution in [2.75, 3.05) is 0 Å². The van der Waals surface area contributed by atoms with Crippen molar-refractivity contribution in [3.05, 3.63) is 34.3 Å². The molecule has 1 aromatic rings. The molecule has 0 aliphatic heterocycles. The fourth-order valence-corrected chi connectivity index (χ4v) is 1.36. The number of nitrogens with one attached hydrogen (secondary N) is 1. The summed E-state index contributed by atoms with van der Waals surface area (Å²) in [5.41, 5.74) is 0.772. The first-order valence-electron chi connectivity index (χ1n) is 3.90. The maximum atomic E-state index is 11.8. The van der Waals surface area contributed by atoms with Crippen LogP contribution in [0.3, 0.4) is 0 Å². The minimum Gasteiger partial charge on any atom is -0.347 e. The van der Waals surface area contributed by atoms with E-state index in [1.54, 1.807) is 18.2 Å². The van der Waals surface area contributed by atoms with Gasteiger partial charge in [-0.05, 0) is 17.7 Å². The number of benzene rings is 1. The Hall–Kier alpha value is -0.970. The van der Waals surface area contributed by atoms with E-state index in [2.05, 4.69) is 21.2 Å². The largest absolute Gasteiger partial charge is 0.347 e. The van der Waals surface area contributed by atoms with Crippen LogP contribution < -0.4 is 5.32 Å². The molecule has 0 unspecified atom stereocenters. The van der Waals surface area contributed by atoms with Gasteiger partial charge in [0.1, 0.15) is 0 Å². The second kappa shape index (κ2) is 5.05. The molecule has 1 rings (SSSR count). The molecule has 2 nitrogen and oxygen atoms in total. The Bertz CT molecular complexity index is 330. The van der Waals surface area contributed by atoms with E-state index in [-0.39, 0.29) is 6.54 Å². The summed E-state index contributed by atoms with van der Waals surface area (Å²) in [6.45, 7) is 0.114. The van der Waals surface area contributed by atoms with Gasteiger partial charge in [-0.15, -0.1) is 0 Å². The first-order chi connectivity index (χ1) is 6.59. The molecule has 1 amide bonds. The molecule has 0 aliphatic rings. The lowest BCUT2D eigenvalue weighted by Gasteiger charge is -2.04. The van der Waals surface area contributed by atoms with E-state index in [9.17, 15) is 13.6 Å². The number of carbonyl (C=O) groups excluding carboxylic acids is 1. The molecule has 1 N–H and O–H groups in total. The van der Waals surface area contributed by atoms with Crippen LogP contribution in [0.4, 0.5) is 8.78 Å². The molecule has 0 aliphatic carbocycles. The maximum Gasteiger partial charge on any atom is 0.315 e. The zero-order valence-corrected chi connectivity index (χ0v) is 8.72. The molecule has 0 spiro atoms. The summed E-state index contributed by atoms with van der Waals surface area (Å²) in [6.07, 6.45) is -2.96. The van der Waals surface area contributed by atoms with Crippen molar-refractivity contribution < 1.29 is 13.6 Å². The zero-order chi connectivity index (χ0) is 10.6. The summed E-state index contributed by atoms with van der Waals surface area (Å²) in [4.78, 5) is 10.5. The van der Waals surface area contributed by atoms with E-state index in [4.69, 9.17) is 0 Å². The molecular weight excluding hydrogens is 256 g/mol. The third kappa shape index (κ3) is 3.41. The minimum atomic E-state index is -2.96. The molecule has 5 heteroatoms. The normalized spacial score (nSPS) is 10.3. The summed E-state index contributed by atoms with van der Waals surface area (Å²) >= 11 is 3.24. The lowest BCUT2D eigenvalue weighted by Crippen LogP contribution is -2.28. The van der Waals surface area contributed by atoms with Gasteiger partial charge in [0.15, 0.2) is 0 Å². The lowest BCUT2D eigenvalue weighted by molar-refractivity contribution is -0.131. The van der Waals surface area contributed by atoms with Crippen molar-refractivity contribution in [2.45, 2.75) is 13.0 Å². The van der Waals surface area contributed by atoms with Crippen LogP contribution in [0.25, 0.3) is 0 Å². The third-order valence-corrected chi connectivity index (χ3v) is 2.05. The Labute approximate surface area is 88.4 Å². The molecule has 76 valence electrons. The number of hydrogen-bond acceptors (Lipinski definition) is 1. The topological polar surface area (TPSA) is 29.1 Å². The SMILES string of the molecule is O=C(NCc1cccc(Br)c1)C(F)F. The monoisotopic (exact) mass is 263 g/mol. The number of halogens is 3. The van der Waals surface area contributed by atoms with Gasteiger partial charge in [-0.3, -0.25) is 4.79 Å². The highest BCUT2D eigenvalue weighted by atomic mass is 79.9. The summed E-state index contributed by atoms with van der Waals surface area (Å²) < 4.78 is 24.4. The molecule has 0 saturated carbocycles. The van der Waals surface area contributed by atoms with Crippen molar-refractivity contribution in [1.82, 2.24) is 5.32 Å². The molecule has 0 bridgehead atoms. The Morgan fingerprint density at radius 1 is 1.50 bits per heavy atom. The predicted octanol–water partition coefficient (Wildman–Crippen LogP) is 2.33. The fraction of sp³-hybridized carbons (Fsp3) is 0.222. The summed E-state index contributed by atoms with van der Waals surface area (Å²) in [5, 5.41) is 2.12. The van der Waals surface area contributed by atoms with Crippen LogP contribution in [0.15, 0.2) is 28.7 Å². The van der Waals surface area contributed by atoms with Crippen LogP contribution in [0, 0.1) is 0 Å². The molecule has 0 fully saturated rings. The van der Waals surface area contributed by atoms with E-state index in [0.717, 1.165) is 10.0 Å². The molecular formula is C9H8BrF2NO. The van der Waals surface area contributed by atoms with Crippen molar-refractivity contribution in [2.24, 2.45) is 0 Å². The Morgan fingerprint density at radius 2 is 2.21 bits per heavy atom. The van der Waals surface area contributed by atoms with Gasteiger partial charge in [-0.1, -0.05) is 28.1 Å². The Kier molecular flexibility index (Phi) is 4.00. The molecule has 1 aromatic carbocycles. The van der Waals surface area contributed by atoms with Crippen molar-refractivity contribution >= 4 is 21.8 Å². The standard InChI is InChI=1S/C9H8BrF2NO/c10-7-3-1-2-6(4-7)5-13-9(14)8(11)12/h1-4,8H,5H2,(H,13,14). The first kappa shape index (κ1) is 11.1. The zero-order valence-electron chi connectivity index (χ0n) is 7.14. The number of carbonyl (C=O) groups is 1. The van der Waals surface area contributed by atoms with E-state index in [1.165, 1.54) is 0 Å². The summed E-state index contributed by atoms with van der Waals surface area (Å²) in [7, 11) is 0. The smallest absolute Gasteiger partial charge is 0.315 e. The van der Waals surface area contributed by atoms with Gasteiger partial charge in [-0.2, -0.15) is 8.78 Å². The van der Waals surface area contributed by atoms with Gasteiger partial charge in [-0.25, -0.2) is 0 Å². The fourth-order valence-electron chi connectivity index (χ4n) is 0.913. The highest BCUT2D eigenvalue weighted by Crippen LogP contribution is 2.11. The van der Waals surface area contributed by atoms with Gasteiger partial charge >= 0.3 is 6.43 Å². The summed E-state index contributed by atoms with van der Waals surface area (Å²) in [6, 6.07) is 7.09. The average Bonchev–Trinajstić information content (AvgIpc) is 2.14. The molecule has 0 aromatic heterocycles. The molecule has 14 heavy (non-hydrogen) atoms. The first-order valence-corrected chi connectivity index (χ1v) is 4.69. The molecule has 0 saturated heterocycles. The number of rotatable bonds is 3. The second-order valence-electron chi connectivity index (χ2n) is 2.65. The van der Waals surface area contributed by atoms with Gasteiger partial charge in [0, 0.05) is 11.0 Å². The van der Waals surface area contributed by atoms with Crippen LogP contribution in [0.5, 0.6) is 0 Å². The highest BCUT2D eigenvalue weighted by molar-refractivity contribution is 9.10. The summed E-state index contributed by atoms with van der Waals surface area (Å²) in [5.74, 6) is -1.25. The van der Waals surface area contributed by atoms with E-state index < -0.39 is 12.3 Å². The number of alkyl halides is 2. The van der Waals surface area contributed by atoms with Crippen LogP contribution in [-0.2, 0) is 11.3 Å². The Morgan fingerprint density at radius 3 is 2.79 bits per heavy atom. The van der Waals surface area contributed by atoms with E-state index in [1.807, 2.05) is 6.07 Å². The van der Waals surface area contributed by atoms with E-state index in [0.29, 0.717) is 0 Å². The quantitative estimate of drug-likeness (QED) is 0.891. The van der Waals surface area contributed by atoms with Gasteiger partial charge in [0.05, 0.1) is 0 Å². The molecule has 0 atom stereocenters.